The zero-order valence-electron chi connectivity index (χ0n) is 21.9. The highest BCUT2D eigenvalue weighted by atomic mass is 16.5. The van der Waals surface area contributed by atoms with Crippen LogP contribution in [0, 0.1) is 24.7 Å². The SMILES string of the molecule is C#CCOc1ccc2cc(-c3ccccc3)ccc2c1-c1c(OCC#C)ccc2cc(-c3ccccc3)ccc12. The summed E-state index contributed by atoms with van der Waals surface area (Å²) in [5.41, 5.74) is 6.47. The second-order valence-electron chi connectivity index (χ2n) is 9.47. The molecule has 0 bridgehead atoms. The van der Waals surface area contributed by atoms with Crippen LogP contribution >= 0.6 is 0 Å². The van der Waals surface area contributed by atoms with Gasteiger partial charge in [-0.2, -0.15) is 0 Å². The van der Waals surface area contributed by atoms with Gasteiger partial charge in [-0.15, -0.1) is 12.8 Å². The average Bonchev–Trinajstić information content (AvgIpc) is 3.02. The Kier molecular flexibility index (Phi) is 6.92. The number of benzene rings is 6. The average molecular weight is 515 g/mol. The van der Waals surface area contributed by atoms with Crippen LogP contribution in [0.4, 0.5) is 0 Å². The van der Waals surface area contributed by atoms with Crippen LogP contribution < -0.4 is 9.47 Å². The quantitative estimate of drug-likeness (QED) is 0.198. The van der Waals surface area contributed by atoms with Crippen molar-refractivity contribution in [3.63, 3.8) is 0 Å². The second kappa shape index (κ2) is 11.1. The maximum absolute atomic E-state index is 6.13. The molecular formula is C38H26O2. The van der Waals surface area contributed by atoms with Gasteiger partial charge < -0.3 is 9.47 Å². The molecule has 2 nitrogen and oxygen atoms in total. The predicted octanol–water partition coefficient (Wildman–Crippen LogP) is 9.02. The lowest BCUT2D eigenvalue weighted by atomic mass is 9.90. The summed E-state index contributed by atoms with van der Waals surface area (Å²) < 4.78 is 12.3. The van der Waals surface area contributed by atoms with E-state index >= 15 is 0 Å². The highest BCUT2D eigenvalue weighted by Gasteiger charge is 2.20. The van der Waals surface area contributed by atoms with Gasteiger partial charge in [0.25, 0.3) is 0 Å². The first-order valence-corrected chi connectivity index (χ1v) is 13.1. The van der Waals surface area contributed by atoms with Crippen LogP contribution in [-0.4, -0.2) is 13.2 Å². The molecule has 40 heavy (non-hydrogen) atoms. The normalized spacial score (nSPS) is 10.7. The van der Waals surface area contributed by atoms with Gasteiger partial charge >= 0.3 is 0 Å². The van der Waals surface area contributed by atoms with Crippen molar-refractivity contribution in [1.82, 2.24) is 0 Å². The molecule has 6 rings (SSSR count). The third kappa shape index (κ3) is 4.76. The third-order valence-electron chi connectivity index (χ3n) is 7.05. The van der Waals surface area contributed by atoms with E-state index in [-0.39, 0.29) is 13.2 Å². The van der Waals surface area contributed by atoms with E-state index in [9.17, 15) is 0 Å². The summed E-state index contributed by atoms with van der Waals surface area (Å²) in [6.45, 7) is 0.314. The minimum Gasteiger partial charge on any atom is -0.480 e. The summed E-state index contributed by atoms with van der Waals surface area (Å²) in [7, 11) is 0. The topological polar surface area (TPSA) is 18.5 Å². The van der Waals surface area contributed by atoms with Crippen molar-refractivity contribution in [2.24, 2.45) is 0 Å². The molecule has 0 aliphatic heterocycles. The van der Waals surface area contributed by atoms with Crippen molar-refractivity contribution in [1.29, 1.82) is 0 Å². The number of terminal acetylenes is 2. The minimum atomic E-state index is 0.157. The number of fused-ring (bicyclic) bond motifs is 2. The summed E-state index contributed by atoms with van der Waals surface area (Å²) in [6.07, 6.45) is 11.2. The number of ether oxygens (including phenoxy) is 2. The van der Waals surface area contributed by atoms with Crippen LogP contribution in [0.25, 0.3) is 54.9 Å². The number of rotatable bonds is 7. The molecule has 0 amide bonds. The Labute approximate surface area is 234 Å². The molecule has 0 N–H and O–H groups in total. The molecule has 6 aromatic carbocycles. The van der Waals surface area contributed by atoms with Crippen LogP contribution in [-0.2, 0) is 0 Å². The van der Waals surface area contributed by atoms with E-state index in [2.05, 4.69) is 109 Å². The lowest BCUT2D eigenvalue weighted by Gasteiger charge is -2.19. The van der Waals surface area contributed by atoms with Crippen LogP contribution in [0.15, 0.2) is 121 Å². The smallest absolute Gasteiger partial charge is 0.148 e. The molecule has 190 valence electrons. The van der Waals surface area contributed by atoms with Crippen LogP contribution in [0.5, 0.6) is 11.5 Å². The molecular weight excluding hydrogens is 488 g/mol. The first kappa shape index (κ1) is 24.9. The van der Waals surface area contributed by atoms with Crippen molar-refractivity contribution >= 4 is 21.5 Å². The first-order valence-electron chi connectivity index (χ1n) is 13.1. The van der Waals surface area contributed by atoms with Crippen molar-refractivity contribution in [2.75, 3.05) is 13.2 Å². The van der Waals surface area contributed by atoms with Gasteiger partial charge in [0.15, 0.2) is 0 Å². The summed E-state index contributed by atoms with van der Waals surface area (Å²) in [5.74, 6) is 6.61. The molecule has 0 unspecified atom stereocenters. The van der Waals surface area contributed by atoms with Gasteiger partial charge in [-0.1, -0.05) is 109 Å². The molecule has 0 heterocycles. The largest absolute Gasteiger partial charge is 0.480 e. The van der Waals surface area contributed by atoms with Gasteiger partial charge in [-0.25, -0.2) is 0 Å². The fourth-order valence-electron chi connectivity index (χ4n) is 5.24. The lowest BCUT2D eigenvalue weighted by Crippen LogP contribution is -2.00. The van der Waals surface area contributed by atoms with E-state index in [1.54, 1.807) is 0 Å². The maximum atomic E-state index is 6.13. The van der Waals surface area contributed by atoms with Gasteiger partial charge in [0, 0.05) is 11.1 Å². The molecule has 0 fully saturated rings. The predicted molar refractivity (Wildman–Crippen MR) is 166 cm³/mol. The maximum Gasteiger partial charge on any atom is 0.148 e. The number of hydrogen-bond acceptors (Lipinski definition) is 2. The second-order valence-corrected chi connectivity index (χ2v) is 9.47. The molecule has 0 aliphatic carbocycles. The number of hydrogen-bond donors (Lipinski definition) is 0. The first-order chi connectivity index (χ1) is 19.8. The van der Waals surface area contributed by atoms with E-state index in [1.165, 1.54) is 0 Å². The molecule has 0 aromatic heterocycles. The van der Waals surface area contributed by atoms with Crippen molar-refractivity contribution in [3.8, 4) is 69.6 Å². The van der Waals surface area contributed by atoms with Crippen LogP contribution in [0.3, 0.4) is 0 Å². The highest BCUT2D eigenvalue weighted by Crippen LogP contribution is 2.46. The van der Waals surface area contributed by atoms with E-state index in [0.717, 1.165) is 54.9 Å². The summed E-state index contributed by atoms with van der Waals surface area (Å²) in [5, 5.41) is 4.26. The Morgan fingerprint density at radius 3 is 1.27 bits per heavy atom. The summed E-state index contributed by atoms with van der Waals surface area (Å²) in [6, 6.07) is 41.9. The molecule has 0 saturated carbocycles. The molecule has 0 radical (unpaired) electrons. The minimum absolute atomic E-state index is 0.157. The van der Waals surface area contributed by atoms with E-state index in [1.807, 2.05) is 24.3 Å². The van der Waals surface area contributed by atoms with Crippen LogP contribution in [0.2, 0.25) is 0 Å². The Hall–Kier alpha value is -5.44. The third-order valence-corrected chi connectivity index (χ3v) is 7.05. The standard InChI is InChI=1S/C38H26O2/c1-3-23-39-35-21-17-31-25-29(27-11-7-5-8-12-27)15-19-33(31)37(35)38-34-20-16-30(28-13-9-6-10-14-28)26-32(34)18-22-36(38)40-24-4-2/h1-2,5-22,25-26H,23-24H2. The molecule has 0 saturated heterocycles. The summed E-state index contributed by atoms with van der Waals surface area (Å²) in [4.78, 5) is 0. The van der Waals surface area contributed by atoms with Gasteiger partial charge in [-0.05, 0) is 68.1 Å². The van der Waals surface area contributed by atoms with Crippen molar-refractivity contribution in [3.05, 3.63) is 121 Å². The van der Waals surface area contributed by atoms with E-state index < -0.39 is 0 Å². The molecule has 6 aromatic rings. The Morgan fingerprint density at radius 1 is 0.450 bits per heavy atom. The van der Waals surface area contributed by atoms with Gasteiger partial charge in [0.1, 0.15) is 24.7 Å². The van der Waals surface area contributed by atoms with Gasteiger partial charge in [-0.3, -0.25) is 0 Å². The van der Waals surface area contributed by atoms with Crippen molar-refractivity contribution < 1.29 is 9.47 Å². The molecule has 0 spiro atoms. The molecule has 2 heteroatoms. The lowest BCUT2D eigenvalue weighted by molar-refractivity contribution is 0.367. The van der Waals surface area contributed by atoms with Gasteiger partial charge in [0.2, 0.25) is 0 Å². The Morgan fingerprint density at radius 2 is 0.875 bits per heavy atom. The Bertz CT molecular complexity index is 1760. The van der Waals surface area contributed by atoms with E-state index in [0.29, 0.717) is 11.5 Å². The monoisotopic (exact) mass is 514 g/mol. The fourth-order valence-corrected chi connectivity index (χ4v) is 5.24. The van der Waals surface area contributed by atoms with Crippen LogP contribution in [0.1, 0.15) is 0 Å². The zero-order valence-corrected chi connectivity index (χ0v) is 21.9. The summed E-state index contributed by atoms with van der Waals surface area (Å²) >= 11 is 0. The highest BCUT2D eigenvalue weighted by molar-refractivity contribution is 6.11. The Balaban J connectivity index is 1.62. The van der Waals surface area contributed by atoms with E-state index in [4.69, 9.17) is 22.3 Å². The van der Waals surface area contributed by atoms with Crippen molar-refractivity contribution in [2.45, 2.75) is 0 Å². The molecule has 0 atom stereocenters. The zero-order chi connectivity index (χ0) is 27.3. The van der Waals surface area contributed by atoms with Gasteiger partial charge in [0.05, 0.1) is 0 Å². The fraction of sp³-hybridized carbons (Fsp3) is 0.0526. The molecule has 0 aliphatic rings.